The van der Waals surface area contributed by atoms with E-state index in [0.717, 1.165) is 5.56 Å². The summed E-state index contributed by atoms with van der Waals surface area (Å²) in [4.78, 5) is 12.1. The van der Waals surface area contributed by atoms with E-state index in [9.17, 15) is 4.79 Å². The van der Waals surface area contributed by atoms with Crippen LogP contribution in [0, 0.1) is 11.3 Å². The highest BCUT2D eigenvalue weighted by atomic mass is 35.5. The molecule has 0 aliphatic rings. The Balaban J connectivity index is 2.18. The van der Waals surface area contributed by atoms with Gasteiger partial charge in [0.1, 0.15) is 0 Å². The molecule has 2 aromatic carbocycles. The molecule has 0 saturated heterocycles. The molecule has 6 heteroatoms. The van der Waals surface area contributed by atoms with Crippen molar-refractivity contribution in [2.24, 2.45) is 0 Å². The Bertz CT molecular complexity index is 973. The third kappa shape index (κ3) is 3.54. The molecule has 0 radical (unpaired) electrons. The van der Waals surface area contributed by atoms with Crippen molar-refractivity contribution in [1.82, 2.24) is 9.78 Å². The van der Waals surface area contributed by atoms with Gasteiger partial charge in [0.05, 0.1) is 29.6 Å². The normalized spacial score (nSPS) is 10.3. The second kappa shape index (κ2) is 7.20. The number of halogens is 1. The van der Waals surface area contributed by atoms with Gasteiger partial charge in [0.25, 0.3) is 0 Å². The van der Waals surface area contributed by atoms with Crippen LogP contribution in [0.3, 0.4) is 0 Å². The zero-order valence-corrected chi connectivity index (χ0v) is 14.2. The molecule has 1 aromatic heterocycles. The van der Waals surface area contributed by atoms with Gasteiger partial charge >= 0.3 is 5.97 Å². The maximum Gasteiger partial charge on any atom is 0.358 e. The molecule has 5 nitrogen and oxygen atoms in total. The average Bonchev–Trinajstić information content (AvgIpc) is 3.07. The summed E-state index contributed by atoms with van der Waals surface area (Å²) < 4.78 is 6.65. The van der Waals surface area contributed by atoms with Crippen LogP contribution in [0.4, 0.5) is 0 Å². The first kappa shape index (κ1) is 16.7. The number of carbonyl (C=O) groups excluding carboxylic acids is 1. The number of aromatic nitrogens is 2. The summed E-state index contributed by atoms with van der Waals surface area (Å²) in [5.74, 6) is -0.499. The number of benzene rings is 2. The Labute approximate surface area is 150 Å². The highest BCUT2D eigenvalue weighted by Crippen LogP contribution is 2.27. The molecule has 0 fully saturated rings. The van der Waals surface area contributed by atoms with Crippen molar-refractivity contribution >= 4 is 17.6 Å². The van der Waals surface area contributed by atoms with Crippen molar-refractivity contribution < 1.29 is 9.53 Å². The van der Waals surface area contributed by atoms with Crippen LogP contribution >= 0.6 is 11.6 Å². The smallest absolute Gasteiger partial charge is 0.358 e. The number of carbonyl (C=O) groups is 1. The molecule has 0 bridgehead atoms. The molecule has 124 valence electrons. The molecule has 0 aliphatic heterocycles. The van der Waals surface area contributed by atoms with Gasteiger partial charge in [-0.1, -0.05) is 29.8 Å². The minimum Gasteiger partial charge on any atom is -0.461 e. The van der Waals surface area contributed by atoms with Crippen LogP contribution in [-0.4, -0.2) is 22.4 Å². The molecular weight excluding hydrogens is 338 g/mol. The predicted molar refractivity (Wildman–Crippen MR) is 94.7 cm³/mol. The summed E-state index contributed by atoms with van der Waals surface area (Å²) in [6, 6.07) is 18.0. The molecule has 0 spiro atoms. The SMILES string of the molecule is CCOC(=O)c1cc(-c2cccc(Cl)c2)n(-c2cccc(C#N)c2)n1. The second-order valence-electron chi connectivity index (χ2n) is 5.22. The van der Waals surface area contributed by atoms with Crippen molar-refractivity contribution in [1.29, 1.82) is 5.26 Å². The Morgan fingerprint density at radius 3 is 2.76 bits per heavy atom. The number of nitrogens with zero attached hydrogens (tertiary/aromatic N) is 3. The largest absolute Gasteiger partial charge is 0.461 e. The minimum absolute atomic E-state index is 0.194. The van der Waals surface area contributed by atoms with Gasteiger partial charge in [-0.05, 0) is 43.3 Å². The zero-order valence-electron chi connectivity index (χ0n) is 13.4. The van der Waals surface area contributed by atoms with Crippen LogP contribution in [0.25, 0.3) is 16.9 Å². The van der Waals surface area contributed by atoms with Crippen molar-refractivity contribution in [3.8, 4) is 23.0 Å². The van der Waals surface area contributed by atoms with Crippen molar-refractivity contribution in [2.45, 2.75) is 6.92 Å². The Morgan fingerprint density at radius 1 is 1.24 bits per heavy atom. The second-order valence-corrected chi connectivity index (χ2v) is 5.66. The highest BCUT2D eigenvalue weighted by molar-refractivity contribution is 6.30. The third-order valence-corrected chi connectivity index (χ3v) is 3.77. The van der Waals surface area contributed by atoms with E-state index in [1.54, 1.807) is 48.0 Å². The fourth-order valence-corrected chi connectivity index (χ4v) is 2.63. The molecule has 0 amide bonds. The summed E-state index contributed by atoms with van der Waals surface area (Å²) in [6.07, 6.45) is 0. The first-order valence-corrected chi connectivity index (χ1v) is 8.04. The topological polar surface area (TPSA) is 67.9 Å². The number of nitriles is 1. The van der Waals surface area contributed by atoms with E-state index >= 15 is 0 Å². The molecule has 0 N–H and O–H groups in total. The molecule has 0 saturated carbocycles. The summed E-state index contributed by atoms with van der Waals surface area (Å²) in [6.45, 7) is 2.01. The van der Waals surface area contributed by atoms with Crippen LogP contribution in [0.5, 0.6) is 0 Å². The Hall–Kier alpha value is -3.10. The lowest BCUT2D eigenvalue weighted by Gasteiger charge is -2.08. The standard InChI is InChI=1S/C19H14ClN3O2/c1-2-25-19(24)17-11-18(14-6-4-7-15(20)10-14)23(22-17)16-8-3-5-13(9-16)12-21/h3-11H,2H2,1H3. The summed E-state index contributed by atoms with van der Waals surface area (Å²) >= 11 is 6.10. The number of rotatable bonds is 4. The van der Waals surface area contributed by atoms with Crippen LogP contribution in [0.2, 0.25) is 5.02 Å². The highest BCUT2D eigenvalue weighted by Gasteiger charge is 2.18. The molecule has 0 atom stereocenters. The van der Waals surface area contributed by atoms with E-state index in [1.807, 2.05) is 18.2 Å². The van der Waals surface area contributed by atoms with Gasteiger partial charge in [0.2, 0.25) is 0 Å². The summed E-state index contributed by atoms with van der Waals surface area (Å²) in [7, 11) is 0. The average molecular weight is 352 g/mol. The summed E-state index contributed by atoms with van der Waals surface area (Å²) in [5.41, 5.74) is 2.85. The Morgan fingerprint density at radius 2 is 2.04 bits per heavy atom. The van der Waals surface area contributed by atoms with Gasteiger partial charge in [0.15, 0.2) is 5.69 Å². The Kier molecular flexibility index (Phi) is 4.82. The minimum atomic E-state index is -0.499. The zero-order chi connectivity index (χ0) is 17.8. The molecule has 25 heavy (non-hydrogen) atoms. The first-order chi connectivity index (χ1) is 12.1. The lowest BCUT2D eigenvalue weighted by molar-refractivity contribution is 0.0519. The maximum absolute atomic E-state index is 12.1. The number of esters is 1. The first-order valence-electron chi connectivity index (χ1n) is 7.66. The van der Waals surface area contributed by atoms with Gasteiger partial charge in [0, 0.05) is 10.6 Å². The van der Waals surface area contributed by atoms with E-state index in [-0.39, 0.29) is 12.3 Å². The predicted octanol–water partition coefficient (Wildman–Crippen LogP) is 4.24. The van der Waals surface area contributed by atoms with Crippen molar-refractivity contribution in [3.63, 3.8) is 0 Å². The van der Waals surface area contributed by atoms with Crippen molar-refractivity contribution in [2.75, 3.05) is 6.61 Å². The summed E-state index contributed by atoms with van der Waals surface area (Å²) in [5, 5.41) is 14.1. The lowest BCUT2D eigenvalue weighted by Crippen LogP contribution is -2.07. The van der Waals surface area contributed by atoms with E-state index in [2.05, 4.69) is 11.2 Å². The molecule has 3 aromatic rings. The van der Waals surface area contributed by atoms with Gasteiger partial charge < -0.3 is 4.74 Å². The molecule has 0 aliphatic carbocycles. The number of hydrogen-bond acceptors (Lipinski definition) is 4. The molecule has 1 heterocycles. The lowest BCUT2D eigenvalue weighted by atomic mass is 10.1. The van der Waals surface area contributed by atoms with E-state index in [4.69, 9.17) is 21.6 Å². The number of ether oxygens (including phenoxy) is 1. The molecule has 3 rings (SSSR count). The van der Waals surface area contributed by atoms with Crippen LogP contribution in [0.15, 0.2) is 54.6 Å². The molecular formula is C19H14ClN3O2. The molecule has 0 unspecified atom stereocenters. The van der Waals surface area contributed by atoms with Crippen molar-refractivity contribution in [3.05, 3.63) is 70.9 Å². The van der Waals surface area contributed by atoms with E-state index in [1.165, 1.54) is 0 Å². The fourth-order valence-electron chi connectivity index (χ4n) is 2.44. The van der Waals surface area contributed by atoms with Gasteiger partial charge in [-0.25, -0.2) is 9.48 Å². The van der Waals surface area contributed by atoms with Crippen LogP contribution < -0.4 is 0 Å². The fraction of sp³-hybridized carbons (Fsp3) is 0.105. The van der Waals surface area contributed by atoms with Gasteiger partial charge in [-0.15, -0.1) is 0 Å². The van der Waals surface area contributed by atoms with Crippen LogP contribution in [-0.2, 0) is 4.74 Å². The van der Waals surface area contributed by atoms with Gasteiger partial charge in [-0.2, -0.15) is 10.4 Å². The third-order valence-electron chi connectivity index (χ3n) is 3.53. The van der Waals surface area contributed by atoms with Crippen LogP contribution in [0.1, 0.15) is 23.0 Å². The monoisotopic (exact) mass is 351 g/mol. The maximum atomic E-state index is 12.1. The van der Waals surface area contributed by atoms with E-state index in [0.29, 0.717) is 22.0 Å². The quantitative estimate of drug-likeness (QED) is 0.659. The van der Waals surface area contributed by atoms with Gasteiger partial charge in [-0.3, -0.25) is 0 Å². The van der Waals surface area contributed by atoms with E-state index < -0.39 is 5.97 Å². The number of hydrogen-bond donors (Lipinski definition) is 0.